The first-order valence-corrected chi connectivity index (χ1v) is 5.82. The van der Waals surface area contributed by atoms with Crippen molar-refractivity contribution in [2.45, 2.75) is 13.1 Å². The fourth-order valence-corrected chi connectivity index (χ4v) is 1.81. The summed E-state index contributed by atoms with van der Waals surface area (Å²) in [5.74, 6) is 0.284. The van der Waals surface area contributed by atoms with E-state index in [2.05, 4.69) is 10.3 Å². The van der Waals surface area contributed by atoms with Crippen molar-refractivity contribution in [2.75, 3.05) is 0 Å². The van der Waals surface area contributed by atoms with Gasteiger partial charge >= 0.3 is 0 Å². The SMILES string of the molecule is Oc1ccc(Cl)cc1C[NH2+]Cc1ccccn1. The molecule has 0 aliphatic rings. The van der Waals surface area contributed by atoms with Crippen molar-refractivity contribution in [3.05, 3.63) is 58.9 Å². The second-order valence-electron chi connectivity index (χ2n) is 3.79. The molecule has 0 radical (unpaired) electrons. The molecule has 1 heterocycles. The zero-order valence-electron chi connectivity index (χ0n) is 9.31. The van der Waals surface area contributed by atoms with Crippen LogP contribution in [0.15, 0.2) is 42.6 Å². The van der Waals surface area contributed by atoms with Gasteiger partial charge in [0, 0.05) is 16.8 Å². The van der Waals surface area contributed by atoms with Gasteiger partial charge in [-0.25, -0.2) is 0 Å². The Hall–Kier alpha value is -1.58. The Morgan fingerprint density at radius 1 is 1.18 bits per heavy atom. The molecule has 0 fully saturated rings. The van der Waals surface area contributed by atoms with Gasteiger partial charge in [0.15, 0.2) is 0 Å². The highest BCUT2D eigenvalue weighted by Crippen LogP contribution is 2.20. The van der Waals surface area contributed by atoms with Crippen LogP contribution < -0.4 is 5.32 Å². The van der Waals surface area contributed by atoms with Gasteiger partial charge in [-0.05, 0) is 30.3 Å². The number of benzene rings is 1. The van der Waals surface area contributed by atoms with Gasteiger partial charge in [0.2, 0.25) is 0 Å². The highest BCUT2D eigenvalue weighted by atomic mass is 35.5. The van der Waals surface area contributed by atoms with Crippen LogP contribution in [0.3, 0.4) is 0 Å². The first-order chi connectivity index (χ1) is 8.25. The van der Waals surface area contributed by atoms with Crippen LogP contribution in [0.4, 0.5) is 0 Å². The van der Waals surface area contributed by atoms with E-state index >= 15 is 0 Å². The Morgan fingerprint density at radius 3 is 2.82 bits per heavy atom. The molecule has 0 amide bonds. The molecular formula is C13H14ClN2O+. The lowest BCUT2D eigenvalue weighted by atomic mass is 10.2. The number of rotatable bonds is 4. The van der Waals surface area contributed by atoms with Gasteiger partial charge in [-0.15, -0.1) is 0 Å². The van der Waals surface area contributed by atoms with Crippen LogP contribution >= 0.6 is 11.6 Å². The van der Waals surface area contributed by atoms with E-state index in [1.165, 1.54) is 0 Å². The van der Waals surface area contributed by atoms with E-state index in [1.54, 1.807) is 24.4 Å². The number of hydrogen-bond donors (Lipinski definition) is 2. The van der Waals surface area contributed by atoms with Gasteiger partial charge in [0.1, 0.15) is 18.8 Å². The van der Waals surface area contributed by atoms with E-state index in [9.17, 15) is 5.11 Å². The van der Waals surface area contributed by atoms with E-state index in [-0.39, 0.29) is 5.75 Å². The molecule has 0 aliphatic heterocycles. The molecule has 3 nitrogen and oxygen atoms in total. The minimum atomic E-state index is 0.284. The molecule has 0 aliphatic carbocycles. The van der Waals surface area contributed by atoms with Gasteiger partial charge < -0.3 is 10.4 Å². The lowest BCUT2D eigenvalue weighted by Gasteiger charge is -2.04. The maximum atomic E-state index is 9.64. The molecule has 2 aromatic rings. The highest BCUT2D eigenvalue weighted by Gasteiger charge is 2.04. The molecule has 0 bridgehead atoms. The number of aromatic nitrogens is 1. The van der Waals surface area contributed by atoms with Crippen molar-refractivity contribution in [2.24, 2.45) is 0 Å². The number of aromatic hydroxyl groups is 1. The van der Waals surface area contributed by atoms with E-state index < -0.39 is 0 Å². The summed E-state index contributed by atoms with van der Waals surface area (Å²) >= 11 is 5.88. The summed E-state index contributed by atoms with van der Waals surface area (Å²) in [6, 6.07) is 10.9. The van der Waals surface area contributed by atoms with Crippen molar-refractivity contribution in [3.8, 4) is 5.75 Å². The van der Waals surface area contributed by atoms with E-state index in [0.717, 1.165) is 17.8 Å². The maximum absolute atomic E-state index is 9.64. The summed E-state index contributed by atoms with van der Waals surface area (Å²) in [4.78, 5) is 4.23. The molecule has 17 heavy (non-hydrogen) atoms. The second-order valence-corrected chi connectivity index (χ2v) is 4.23. The minimum absolute atomic E-state index is 0.284. The minimum Gasteiger partial charge on any atom is -0.507 e. The third-order valence-corrected chi connectivity index (χ3v) is 2.72. The number of quaternary nitrogens is 1. The molecular weight excluding hydrogens is 236 g/mol. The summed E-state index contributed by atoms with van der Waals surface area (Å²) in [5.41, 5.74) is 1.86. The van der Waals surface area contributed by atoms with E-state index in [4.69, 9.17) is 11.6 Å². The van der Waals surface area contributed by atoms with Crippen molar-refractivity contribution < 1.29 is 10.4 Å². The quantitative estimate of drug-likeness (QED) is 0.867. The smallest absolute Gasteiger partial charge is 0.124 e. The van der Waals surface area contributed by atoms with Gasteiger partial charge in [-0.1, -0.05) is 17.7 Å². The highest BCUT2D eigenvalue weighted by molar-refractivity contribution is 6.30. The van der Waals surface area contributed by atoms with Crippen LogP contribution in [-0.4, -0.2) is 10.1 Å². The average molecular weight is 250 g/mol. The Kier molecular flexibility index (Phi) is 3.96. The number of pyridine rings is 1. The van der Waals surface area contributed by atoms with Crippen molar-refractivity contribution in [1.29, 1.82) is 0 Å². The Morgan fingerprint density at radius 2 is 2.06 bits per heavy atom. The number of phenolic OH excluding ortho intramolecular Hbond substituents is 1. The van der Waals surface area contributed by atoms with Crippen molar-refractivity contribution in [3.63, 3.8) is 0 Å². The lowest BCUT2D eigenvalue weighted by molar-refractivity contribution is -0.686. The average Bonchev–Trinajstić information content (AvgIpc) is 2.35. The van der Waals surface area contributed by atoms with E-state index in [1.807, 2.05) is 18.2 Å². The number of hydrogen-bond acceptors (Lipinski definition) is 2. The Balaban J connectivity index is 1.92. The molecule has 88 valence electrons. The Labute approximate surface area is 105 Å². The lowest BCUT2D eigenvalue weighted by Crippen LogP contribution is -2.80. The maximum Gasteiger partial charge on any atom is 0.124 e. The first-order valence-electron chi connectivity index (χ1n) is 5.44. The van der Waals surface area contributed by atoms with Gasteiger partial charge in [-0.3, -0.25) is 4.98 Å². The van der Waals surface area contributed by atoms with Crippen molar-refractivity contribution >= 4 is 11.6 Å². The molecule has 1 aromatic heterocycles. The van der Waals surface area contributed by atoms with Gasteiger partial charge in [-0.2, -0.15) is 0 Å². The zero-order valence-corrected chi connectivity index (χ0v) is 10.1. The molecule has 0 unspecified atom stereocenters. The fourth-order valence-electron chi connectivity index (χ4n) is 1.61. The van der Waals surface area contributed by atoms with Crippen LogP contribution in [0.5, 0.6) is 5.75 Å². The van der Waals surface area contributed by atoms with Crippen LogP contribution in [-0.2, 0) is 13.1 Å². The van der Waals surface area contributed by atoms with Crippen molar-refractivity contribution in [1.82, 2.24) is 4.98 Å². The number of nitrogens with zero attached hydrogens (tertiary/aromatic N) is 1. The largest absolute Gasteiger partial charge is 0.507 e. The van der Waals surface area contributed by atoms with Gasteiger partial charge in [0.25, 0.3) is 0 Å². The summed E-state index contributed by atoms with van der Waals surface area (Å²) in [6.45, 7) is 1.47. The normalized spacial score (nSPS) is 10.4. The predicted octanol–water partition coefficient (Wildman–Crippen LogP) is 1.70. The fraction of sp³-hybridized carbons (Fsp3) is 0.154. The summed E-state index contributed by atoms with van der Waals surface area (Å²) in [7, 11) is 0. The molecule has 0 atom stereocenters. The standard InChI is InChI=1S/C13H13ClN2O/c14-11-4-5-13(17)10(7-11)8-15-9-12-3-1-2-6-16-12/h1-7,15,17H,8-9H2/p+1. The third kappa shape index (κ3) is 3.44. The van der Waals surface area contributed by atoms with E-state index in [0.29, 0.717) is 11.6 Å². The summed E-state index contributed by atoms with van der Waals surface area (Å²) in [5, 5.41) is 12.4. The van der Waals surface area contributed by atoms with Crippen LogP contribution in [0, 0.1) is 0 Å². The molecule has 1 aromatic carbocycles. The number of nitrogens with two attached hydrogens (primary N) is 1. The molecule has 3 N–H and O–H groups in total. The second kappa shape index (κ2) is 5.66. The zero-order chi connectivity index (χ0) is 12.1. The first kappa shape index (κ1) is 11.9. The molecule has 0 spiro atoms. The summed E-state index contributed by atoms with van der Waals surface area (Å²) in [6.07, 6.45) is 1.78. The van der Waals surface area contributed by atoms with Crippen LogP contribution in [0.2, 0.25) is 5.02 Å². The molecule has 2 rings (SSSR count). The van der Waals surface area contributed by atoms with Gasteiger partial charge in [0.05, 0.1) is 5.69 Å². The number of halogens is 1. The predicted molar refractivity (Wildman–Crippen MR) is 66.7 cm³/mol. The van der Waals surface area contributed by atoms with Crippen LogP contribution in [0.25, 0.3) is 0 Å². The Bertz CT molecular complexity index is 488. The topological polar surface area (TPSA) is 49.7 Å². The molecule has 0 saturated carbocycles. The third-order valence-electron chi connectivity index (χ3n) is 2.49. The number of phenols is 1. The molecule has 4 heteroatoms. The van der Waals surface area contributed by atoms with Crippen LogP contribution in [0.1, 0.15) is 11.3 Å². The monoisotopic (exact) mass is 249 g/mol. The molecule has 0 saturated heterocycles. The summed E-state index contributed by atoms with van der Waals surface area (Å²) < 4.78 is 0.